The molecule has 4 heteroatoms. The summed E-state index contributed by atoms with van der Waals surface area (Å²) in [5.41, 5.74) is 6.25. The van der Waals surface area contributed by atoms with E-state index in [1.807, 2.05) is 0 Å². The molecule has 0 aliphatic heterocycles. The Morgan fingerprint density at radius 1 is 1.17 bits per heavy atom. The van der Waals surface area contributed by atoms with Crippen molar-refractivity contribution in [2.45, 2.75) is 44.8 Å². The third-order valence-electron chi connectivity index (χ3n) is 3.98. The molecule has 0 aromatic rings. The molecular weight excluding hydrogens is 226 g/mol. The molecule has 1 aliphatic carbocycles. The second kappa shape index (κ2) is 7.43. The molecule has 4 nitrogen and oxygen atoms in total. The van der Waals surface area contributed by atoms with Gasteiger partial charge in [0, 0.05) is 31.8 Å². The van der Waals surface area contributed by atoms with Gasteiger partial charge in [-0.05, 0) is 46.8 Å². The van der Waals surface area contributed by atoms with Crippen molar-refractivity contribution in [1.82, 2.24) is 9.80 Å². The molecule has 0 bridgehead atoms. The zero-order chi connectivity index (χ0) is 13.6. The second-order valence-corrected chi connectivity index (χ2v) is 5.70. The van der Waals surface area contributed by atoms with Crippen LogP contribution in [0.3, 0.4) is 0 Å². The molecule has 0 heterocycles. The molecular formula is C14H31N3O. The number of nitrogens with two attached hydrogens (primary N) is 1. The van der Waals surface area contributed by atoms with E-state index >= 15 is 0 Å². The summed E-state index contributed by atoms with van der Waals surface area (Å²) in [6.45, 7) is 9.23. The number of ether oxygens (including phenoxy) is 1. The lowest BCUT2D eigenvalue weighted by Crippen LogP contribution is -2.65. The summed E-state index contributed by atoms with van der Waals surface area (Å²) in [4.78, 5) is 4.83. The third-order valence-corrected chi connectivity index (χ3v) is 3.98. The highest BCUT2D eigenvalue weighted by atomic mass is 16.5. The van der Waals surface area contributed by atoms with E-state index in [0.29, 0.717) is 6.10 Å². The van der Waals surface area contributed by atoms with E-state index in [0.717, 1.165) is 45.6 Å². The summed E-state index contributed by atoms with van der Waals surface area (Å²) in [7, 11) is 4.26. The number of hydrogen-bond acceptors (Lipinski definition) is 4. The smallest absolute Gasteiger partial charge is 0.0611 e. The molecule has 1 rings (SSSR count). The van der Waals surface area contributed by atoms with Gasteiger partial charge in [0.25, 0.3) is 0 Å². The van der Waals surface area contributed by atoms with Crippen LogP contribution in [0.2, 0.25) is 0 Å². The molecule has 0 saturated heterocycles. The molecule has 0 spiro atoms. The molecule has 0 atom stereocenters. The van der Waals surface area contributed by atoms with Gasteiger partial charge in [-0.15, -0.1) is 0 Å². The van der Waals surface area contributed by atoms with E-state index in [2.05, 4.69) is 37.7 Å². The molecule has 108 valence electrons. The van der Waals surface area contributed by atoms with Crippen LogP contribution < -0.4 is 5.73 Å². The van der Waals surface area contributed by atoms with Crippen LogP contribution in [0.15, 0.2) is 0 Å². The van der Waals surface area contributed by atoms with E-state index < -0.39 is 0 Å². The molecule has 2 N–H and O–H groups in total. The van der Waals surface area contributed by atoms with Crippen LogP contribution in [0.1, 0.15) is 33.1 Å². The minimum absolute atomic E-state index is 0.200. The maximum absolute atomic E-state index is 6.05. The molecule has 1 aliphatic rings. The normalized spacial score (nSPS) is 27.8. The zero-order valence-electron chi connectivity index (χ0n) is 12.6. The van der Waals surface area contributed by atoms with E-state index in [1.165, 1.54) is 6.42 Å². The summed E-state index contributed by atoms with van der Waals surface area (Å²) in [6, 6.07) is 0. The average molecular weight is 257 g/mol. The maximum atomic E-state index is 6.05. The first-order valence-electron chi connectivity index (χ1n) is 7.29. The van der Waals surface area contributed by atoms with Crippen LogP contribution in [0, 0.1) is 0 Å². The van der Waals surface area contributed by atoms with E-state index in [-0.39, 0.29) is 5.54 Å². The summed E-state index contributed by atoms with van der Waals surface area (Å²) < 4.78 is 5.70. The Bertz CT molecular complexity index is 227. The Balaban J connectivity index is 2.53. The quantitative estimate of drug-likeness (QED) is 0.673. The van der Waals surface area contributed by atoms with Gasteiger partial charge in [-0.25, -0.2) is 0 Å². The summed E-state index contributed by atoms with van der Waals surface area (Å²) in [5.74, 6) is 0. The number of hydrogen-bond donors (Lipinski definition) is 1. The molecule has 0 aromatic heterocycles. The van der Waals surface area contributed by atoms with Gasteiger partial charge >= 0.3 is 0 Å². The van der Waals surface area contributed by atoms with Crippen molar-refractivity contribution in [3.63, 3.8) is 0 Å². The highest BCUT2D eigenvalue weighted by Crippen LogP contribution is 2.39. The SMILES string of the molecule is CCCN(CCN(C)C)C1(CN)CC(OCC)C1. The molecule has 0 amide bonds. The minimum Gasteiger partial charge on any atom is -0.378 e. The standard InChI is InChI=1S/C14H31N3O/c1-5-7-17(9-8-16(3)4)14(12-15)10-13(11-14)18-6-2/h13H,5-12,15H2,1-4H3. The van der Waals surface area contributed by atoms with Crippen LogP contribution in [0.25, 0.3) is 0 Å². The monoisotopic (exact) mass is 257 g/mol. The van der Waals surface area contributed by atoms with Crippen LogP contribution in [0.4, 0.5) is 0 Å². The summed E-state index contributed by atoms with van der Waals surface area (Å²) >= 11 is 0. The maximum Gasteiger partial charge on any atom is 0.0611 e. The fourth-order valence-corrected chi connectivity index (χ4v) is 2.87. The molecule has 0 unspecified atom stereocenters. The van der Waals surface area contributed by atoms with Gasteiger partial charge in [-0.3, -0.25) is 4.90 Å². The van der Waals surface area contributed by atoms with E-state index in [4.69, 9.17) is 10.5 Å². The van der Waals surface area contributed by atoms with E-state index in [9.17, 15) is 0 Å². The van der Waals surface area contributed by atoms with Crippen molar-refractivity contribution >= 4 is 0 Å². The first-order chi connectivity index (χ1) is 8.57. The lowest BCUT2D eigenvalue weighted by atomic mass is 9.72. The summed E-state index contributed by atoms with van der Waals surface area (Å²) in [6.07, 6.45) is 3.82. The van der Waals surface area contributed by atoms with Gasteiger partial charge in [0.1, 0.15) is 0 Å². The van der Waals surface area contributed by atoms with Gasteiger partial charge in [-0.2, -0.15) is 0 Å². The minimum atomic E-state index is 0.200. The van der Waals surface area contributed by atoms with Crippen LogP contribution in [-0.2, 0) is 4.74 Å². The first kappa shape index (κ1) is 15.9. The van der Waals surface area contributed by atoms with Gasteiger partial charge in [0.15, 0.2) is 0 Å². The van der Waals surface area contributed by atoms with Crippen molar-refractivity contribution < 1.29 is 4.74 Å². The predicted molar refractivity (Wildman–Crippen MR) is 76.9 cm³/mol. The zero-order valence-corrected chi connectivity index (χ0v) is 12.6. The Kier molecular flexibility index (Phi) is 6.57. The van der Waals surface area contributed by atoms with Gasteiger partial charge < -0.3 is 15.4 Å². The van der Waals surface area contributed by atoms with Gasteiger partial charge in [-0.1, -0.05) is 6.92 Å². The van der Waals surface area contributed by atoms with Crippen molar-refractivity contribution in [3.05, 3.63) is 0 Å². The van der Waals surface area contributed by atoms with Crippen LogP contribution in [-0.4, -0.2) is 68.3 Å². The Morgan fingerprint density at radius 3 is 2.28 bits per heavy atom. The summed E-state index contributed by atoms with van der Waals surface area (Å²) in [5, 5.41) is 0. The number of likely N-dealkylation sites (N-methyl/N-ethyl adjacent to an activating group) is 1. The van der Waals surface area contributed by atoms with Crippen molar-refractivity contribution in [3.8, 4) is 0 Å². The Hall–Kier alpha value is -0.160. The highest BCUT2D eigenvalue weighted by molar-refractivity contribution is 5.04. The topological polar surface area (TPSA) is 41.7 Å². The lowest BCUT2D eigenvalue weighted by Gasteiger charge is -2.54. The predicted octanol–water partition coefficient (Wildman–Crippen LogP) is 1.16. The van der Waals surface area contributed by atoms with Crippen molar-refractivity contribution in [2.24, 2.45) is 5.73 Å². The molecule has 18 heavy (non-hydrogen) atoms. The average Bonchev–Trinajstić information content (AvgIpc) is 2.29. The van der Waals surface area contributed by atoms with Crippen molar-refractivity contribution in [1.29, 1.82) is 0 Å². The van der Waals surface area contributed by atoms with E-state index in [1.54, 1.807) is 0 Å². The Morgan fingerprint density at radius 2 is 1.83 bits per heavy atom. The number of nitrogens with zero attached hydrogens (tertiary/aromatic N) is 2. The van der Waals surface area contributed by atoms with Gasteiger partial charge in [0.05, 0.1) is 6.10 Å². The second-order valence-electron chi connectivity index (χ2n) is 5.70. The van der Waals surface area contributed by atoms with Gasteiger partial charge in [0.2, 0.25) is 0 Å². The largest absolute Gasteiger partial charge is 0.378 e. The van der Waals surface area contributed by atoms with Crippen molar-refractivity contribution in [2.75, 3.05) is 46.9 Å². The van der Waals surface area contributed by atoms with Crippen LogP contribution in [0.5, 0.6) is 0 Å². The fourth-order valence-electron chi connectivity index (χ4n) is 2.87. The highest BCUT2D eigenvalue weighted by Gasteiger charge is 2.47. The lowest BCUT2D eigenvalue weighted by molar-refractivity contribution is -0.101. The number of rotatable bonds is 9. The molecule has 1 saturated carbocycles. The third kappa shape index (κ3) is 3.92. The molecule has 1 fully saturated rings. The Labute approximate surface area is 112 Å². The first-order valence-corrected chi connectivity index (χ1v) is 7.29. The molecule has 0 radical (unpaired) electrons. The fraction of sp³-hybridized carbons (Fsp3) is 1.00. The molecule has 0 aromatic carbocycles. The van der Waals surface area contributed by atoms with Crippen LogP contribution >= 0.6 is 0 Å².